The molecule has 0 aliphatic carbocycles. The van der Waals surface area contributed by atoms with Crippen LogP contribution < -0.4 is 0 Å². The highest BCUT2D eigenvalue weighted by Gasteiger charge is 2.54. The largest absolute Gasteiger partial charge is 0.422 e. The van der Waals surface area contributed by atoms with Crippen LogP contribution in [-0.2, 0) is 28.5 Å². The molecule has 0 aromatic heterocycles. The first-order chi connectivity index (χ1) is 13.0. The van der Waals surface area contributed by atoms with Crippen molar-refractivity contribution in [1.82, 2.24) is 0 Å². The van der Waals surface area contributed by atoms with E-state index in [2.05, 4.69) is 13.2 Å². The van der Waals surface area contributed by atoms with Crippen molar-refractivity contribution in [1.29, 1.82) is 0 Å². The minimum Gasteiger partial charge on any atom is -0.422 e. The summed E-state index contributed by atoms with van der Waals surface area (Å²) in [5, 5.41) is 0. The smallest absolute Gasteiger partial charge is 0.327 e. The number of carbonyl (C=O) groups excluding carboxylic acids is 2. The van der Waals surface area contributed by atoms with Gasteiger partial charge < -0.3 is 18.9 Å². The number of allylic oxidation sites excluding steroid dienone is 4. The van der Waals surface area contributed by atoms with E-state index in [0.717, 1.165) is 6.42 Å². The maximum absolute atomic E-state index is 12.6. The molecule has 6 nitrogen and oxygen atoms in total. The molecular weight excluding hydrogens is 360 g/mol. The third-order valence-corrected chi connectivity index (χ3v) is 5.16. The predicted molar refractivity (Wildman–Crippen MR) is 105 cm³/mol. The maximum Gasteiger partial charge on any atom is 0.327 e. The zero-order valence-electron chi connectivity index (χ0n) is 17.4. The van der Waals surface area contributed by atoms with E-state index in [0.29, 0.717) is 19.6 Å². The molecule has 0 bridgehead atoms. The van der Waals surface area contributed by atoms with E-state index in [1.54, 1.807) is 19.9 Å². The quantitative estimate of drug-likeness (QED) is 0.352. The van der Waals surface area contributed by atoms with Gasteiger partial charge in [0, 0.05) is 19.3 Å². The summed E-state index contributed by atoms with van der Waals surface area (Å²) in [4.78, 5) is 25.2. The lowest BCUT2D eigenvalue weighted by Gasteiger charge is -2.43. The highest BCUT2D eigenvalue weighted by atomic mass is 16.7. The van der Waals surface area contributed by atoms with Gasteiger partial charge in [-0.3, -0.25) is 9.59 Å². The Kier molecular flexibility index (Phi) is 6.56. The lowest BCUT2D eigenvalue weighted by Crippen LogP contribution is -2.53. The highest BCUT2D eigenvalue weighted by Crippen LogP contribution is 2.40. The summed E-state index contributed by atoms with van der Waals surface area (Å²) in [6.45, 7) is 15.5. The molecule has 2 heterocycles. The Balaban J connectivity index is 2.09. The molecule has 0 spiro atoms. The fourth-order valence-electron chi connectivity index (χ4n) is 3.39. The number of cyclic esters (lactones) is 2. The molecule has 0 N–H and O–H groups in total. The number of carbonyl (C=O) groups is 2. The van der Waals surface area contributed by atoms with Gasteiger partial charge in [0.1, 0.15) is 0 Å². The van der Waals surface area contributed by atoms with Crippen molar-refractivity contribution >= 4 is 11.9 Å². The lowest BCUT2D eigenvalue weighted by molar-refractivity contribution is -0.284. The average Bonchev–Trinajstić information content (AvgIpc) is 2.58. The Morgan fingerprint density at radius 3 is 1.79 bits per heavy atom. The number of rotatable bonds is 8. The molecule has 2 aliphatic rings. The normalized spacial score (nSPS) is 25.0. The zero-order chi connectivity index (χ0) is 21.1. The van der Waals surface area contributed by atoms with Gasteiger partial charge in [-0.1, -0.05) is 24.3 Å². The van der Waals surface area contributed by atoms with E-state index in [1.165, 1.54) is 0 Å². The Morgan fingerprint density at radius 1 is 0.786 bits per heavy atom. The Labute approximate surface area is 167 Å². The Bertz CT molecular complexity index is 628. The van der Waals surface area contributed by atoms with Crippen molar-refractivity contribution in [2.45, 2.75) is 65.0 Å². The van der Waals surface area contributed by atoms with E-state index < -0.39 is 28.9 Å². The molecule has 0 amide bonds. The minimum absolute atomic E-state index is 0.156. The van der Waals surface area contributed by atoms with Gasteiger partial charge in [0.05, 0.1) is 13.2 Å². The van der Waals surface area contributed by atoms with Crippen molar-refractivity contribution in [2.75, 3.05) is 13.2 Å². The molecule has 6 heteroatoms. The third-order valence-electron chi connectivity index (χ3n) is 5.16. The van der Waals surface area contributed by atoms with Crippen LogP contribution in [0, 0.1) is 10.8 Å². The summed E-state index contributed by atoms with van der Waals surface area (Å²) in [7, 11) is 0. The molecule has 0 radical (unpaired) electrons. The van der Waals surface area contributed by atoms with Gasteiger partial charge in [-0.15, -0.1) is 13.2 Å². The number of ether oxygens (including phenoxy) is 4. The first-order valence-electron chi connectivity index (χ1n) is 9.61. The van der Waals surface area contributed by atoms with E-state index in [4.69, 9.17) is 18.9 Å². The van der Waals surface area contributed by atoms with E-state index in [1.807, 2.05) is 32.1 Å². The van der Waals surface area contributed by atoms with Crippen molar-refractivity contribution in [3.05, 3.63) is 37.5 Å². The molecule has 28 heavy (non-hydrogen) atoms. The van der Waals surface area contributed by atoms with Crippen LogP contribution in [0.25, 0.3) is 0 Å². The van der Waals surface area contributed by atoms with E-state index in [-0.39, 0.29) is 18.3 Å². The molecule has 0 atom stereocenters. The van der Waals surface area contributed by atoms with Gasteiger partial charge in [0.15, 0.2) is 11.2 Å². The number of esters is 2. The Hall–Kier alpha value is -1.92. The van der Waals surface area contributed by atoms with E-state index in [9.17, 15) is 9.59 Å². The van der Waals surface area contributed by atoms with Gasteiger partial charge in [-0.2, -0.15) is 0 Å². The number of hydrogen-bond acceptors (Lipinski definition) is 6. The molecule has 2 saturated heterocycles. The molecule has 2 fully saturated rings. The number of hydrogen-bond donors (Lipinski definition) is 0. The SMILES string of the molecule is C=CCC1(C/C=C/CC2(CC=C)C(=O)OC(C)(C)OC2=O)COC(C)(C)OC1. The predicted octanol–water partition coefficient (Wildman–Crippen LogP) is 4.07. The van der Waals surface area contributed by atoms with Crippen LogP contribution in [0.2, 0.25) is 0 Å². The summed E-state index contributed by atoms with van der Waals surface area (Å²) in [5.74, 6) is -3.00. The highest BCUT2D eigenvalue weighted by molar-refractivity contribution is 6.02. The van der Waals surface area contributed by atoms with Crippen LogP contribution in [0.15, 0.2) is 37.5 Å². The third kappa shape index (κ3) is 4.92. The fourth-order valence-corrected chi connectivity index (χ4v) is 3.39. The molecule has 2 rings (SSSR count). The van der Waals surface area contributed by atoms with Crippen LogP contribution in [0.1, 0.15) is 53.4 Å². The van der Waals surface area contributed by atoms with Crippen LogP contribution in [0.5, 0.6) is 0 Å². The topological polar surface area (TPSA) is 71.1 Å². The molecule has 0 unspecified atom stereocenters. The first-order valence-corrected chi connectivity index (χ1v) is 9.61. The van der Waals surface area contributed by atoms with Gasteiger partial charge in [0.25, 0.3) is 5.79 Å². The minimum atomic E-state index is -1.39. The van der Waals surface area contributed by atoms with Crippen molar-refractivity contribution < 1.29 is 28.5 Å². The van der Waals surface area contributed by atoms with Gasteiger partial charge in [0.2, 0.25) is 0 Å². The first kappa shape index (κ1) is 22.4. The monoisotopic (exact) mass is 392 g/mol. The fraction of sp³-hybridized carbons (Fsp3) is 0.636. The average molecular weight is 392 g/mol. The second kappa shape index (κ2) is 8.21. The van der Waals surface area contributed by atoms with Crippen LogP contribution >= 0.6 is 0 Å². The summed E-state index contributed by atoms with van der Waals surface area (Å²) in [6.07, 6.45) is 8.94. The van der Waals surface area contributed by atoms with Gasteiger partial charge in [-0.05, 0) is 39.5 Å². The molecular formula is C22H32O6. The van der Waals surface area contributed by atoms with Gasteiger partial charge >= 0.3 is 11.9 Å². The molecule has 2 aliphatic heterocycles. The second-order valence-corrected chi connectivity index (χ2v) is 8.60. The summed E-state index contributed by atoms with van der Waals surface area (Å²) in [6, 6.07) is 0. The standard InChI is InChI=1S/C22H32O6/c1-7-11-21(15-25-19(3,4)26-16-21)13-9-10-14-22(12-8-2)17(23)27-20(5,6)28-18(22)24/h7-10H,1-2,11-16H2,3-6H3/b10-9+. The van der Waals surface area contributed by atoms with Crippen molar-refractivity contribution in [3.63, 3.8) is 0 Å². The maximum atomic E-state index is 12.6. The van der Waals surface area contributed by atoms with E-state index >= 15 is 0 Å². The molecule has 0 aromatic rings. The summed E-state index contributed by atoms with van der Waals surface area (Å²) in [5.41, 5.74) is -1.60. The van der Waals surface area contributed by atoms with Gasteiger partial charge in [-0.25, -0.2) is 0 Å². The van der Waals surface area contributed by atoms with Crippen LogP contribution in [-0.4, -0.2) is 36.7 Å². The van der Waals surface area contributed by atoms with Crippen LogP contribution in [0.4, 0.5) is 0 Å². The Morgan fingerprint density at radius 2 is 1.29 bits per heavy atom. The summed E-state index contributed by atoms with van der Waals surface area (Å²) < 4.78 is 22.3. The zero-order valence-corrected chi connectivity index (χ0v) is 17.4. The second-order valence-electron chi connectivity index (χ2n) is 8.60. The lowest BCUT2D eigenvalue weighted by atomic mass is 9.78. The van der Waals surface area contributed by atoms with Crippen molar-refractivity contribution in [2.24, 2.45) is 10.8 Å². The van der Waals surface area contributed by atoms with Crippen molar-refractivity contribution in [3.8, 4) is 0 Å². The van der Waals surface area contributed by atoms with Crippen LogP contribution in [0.3, 0.4) is 0 Å². The molecule has 0 saturated carbocycles. The molecule has 156 valence electrons. The summed E-state index contributed by atoms with van der Waals surface area (Å²) >= 11 is 0. The molecule has 0 aromatic carbocycles.